The summed E-state index contributed by atoms with van der Waals surface area (Å²) < 4.78 is 3.94. The van der Waals surface area contributed by atoms with Gasteiger partial charge in [0.25, 0.3) is 0 Å². The van der Waals surface area contributed by atoms with Crippen LogP contribution >= 0.6 is 0 Å². The normalized spacial score (nSPS) is 13.0. The van der Waals surface area contributed by atoms with Crippen LogP contribution in [0, 0.1) is 0 Å². The van der Waals surface area contributed by atoms with Gasteiger partial charge >= 0.3 is 0 Å². The monoisotopic (exact) mass is 204 g/mol. The summed E-state index contributed by atoms with van der Waals surface area (Å²) >= 11 is 0. The van der Waals surface area contributed by atoms with Crippen molar-refractivity contribution in [1.82, 2.24) is 14.3 Å². The average molecular weight is 204 g/mol. The van der Waals surface area contributed by atoms with Crippen LogP contribution in [-0.2, 0) is 13.6 Å². The molecule has 0 amide bonds. The van der Waals surface area contributed by atoms with Crippen LogP contribution in [0.1, 0.15) is 24.4 Å². The summed E-state index contributed by atoms with van der Waals surface area (Å²) in [6.45, 7) is 2.77. The molecule has 2 aromatic rings. The molecular weight excluding hydrogens is 188 g/mol. The number of nitrogens with two attached hydrogens (primary N) is 1. The van der Waals surface area contributed by atoms with Gasteiger partial charge in [0.15, 0.2) is 0 Å². The molecule has 2 aromatic heterocycles. The van der Waals surface area contributed by atoms with E-state index in [0.29, 0.717) is 0 Å². The quantitative estimate of drug-likeness (QED) is 0.819. The van der Waals surface area contributed by atoms with Crippen molar-refractivity contribution in [3.63, 3.8) is 0 Å². The summed E-state index contributed by atoms with van der Waals surface area (Å²) in [5, 5.41) is 4.34. The fourth-order valence-corrected chi connectivity index (χ4v) is 1.71. The Bertz CT molecular complexity index is 439. The molecule has 0 bridgehead atoms. The second-order valence-corrected chi connectivity index (χ2v) is 3.83. The van der Waals surface area contributed by atoms with Crippen LogP contribution in [0.4, 0.5) is 0 Å². The maximum Gasteiger partial charge on any atom is 0.0821 e. The Kier molecular flexibility index (Phi) is 2.60. The van der Waals surface area contributed by atoms with Crippen LogP contribution in [0.25, 0.3) is 0 Å². The molecule has 2 rings (SSSR count). The Morgan fingerprint density at radius 3 is 2.80 bits per heavy atom. The second kappa shape index (κ2) is 3.90. The van der Waals surface area contributed by atoms with Crippen molar-refractivity contribution in [2.24, 2.45) is 12.8 Å². The molecule has 0 aliphatic heterocycles. The molecule has 1 atom stereocenters. The van der Waals surface area contributed by atoms with E-state index in [1.165, 1.54) is 0 Å². The molecule has 0 spiro atoms. The fraction of sp³-hybridized carbons (Fsp3) is 0.364. The van der Waals surface area contributed by atoms with Crippen molar-refractivity contribution in [3.8, 4) is 0 Å². The predicted octanol–water partition coefficient (Wildman–Crippen LogP) is 1.29. The number of hydrogen-bond donors (Lipinski definition) is 1. The lowest BCUT2D eigenvalue weighted by atomic mass is 10.2. The van der Waals surface area contributed by atoms with E-state index in [1.54, 1.807) is 0 Å². The molecule has 0 aliphatic carbocycles. The molecule has 4 nitrogen and oxygen atoms in total. The molecule has 1 unspecified atom stereocenters. The van der Waals surface area contributed by atoms with E-state index in [4.69, 9.17) is 5.73 Å². The summed E-state index contributed by atoms with van der Waals surface area (Å²) in [4.78, 5) is 0. The number of aryl methyl sites for hydroxylation is 1. The molecule has 0 aromatic carbocycles. The molecule has 4 heteroatoms. The van der Waals surface area contributed by atoms with E-state index < -0.39 is 0 Å². The van der Waals surface area contributed by atoms with E-state index >= 15 is 0 Å². The van der Waals surface area contributed by atoms with Crippen LogP contribution in [-0.4, -0.2) is 14.3 Å². The van der Waals surface area contributed by atoms with Crippen molar-refractivity contribution in [2.75, 3.05) is 0 Å². The molecular formula is C11H16N4. The van der Waals surface area contributed by atoms with Crippen LogP contribution < -0.4 is 5.73 Å². The Hall–Kier alpha value is -1.55. The van der Waals surface area contributed by atoms with Gasteiger partial charge in [-0.05, 0) is 25.1 Å². The lowest BCUT2D eigenvalue weighted by molar-refractivity contribution is 0.652. The van der Waals surface area contributed by atoms with Gasteiger partial charge in [-0.1, -0.05) is 0 Å². The van der Waals surface area contributed by atoms with Gasteiger partial charge in [-0.2, -0.15) is 5.10 Å². The number of aromatic nitrogens is 3. The predicted molar refractivity (Wildman–Crippen MR) is 59.3 cm³/mol. The third kappa shape index (κ3) is 2.10. The highest BCUT2D eigenvalue weighted by atomic mass is 15.3. The lowest BCUT2D eigenvalue weighted by Crippen LogP contribution is -2.12. The van der Waals surface area contributed by atoms with Crippen LogP contribution in [0.2, 0.25) is 0 Å². The lowest BCUT2D eigenvalue weighted by Gasteiger charge is -2.10. The van der Waals surface area contributed by atoms with Crippen molar-refractivity contribution in [2.45, 2.75) is 19.5 Å². The van der Waals surface area contributed by atoms with Gasteiger partial charge in [-0.3, -0.25) is 4.68 Å². The maximum atomic E-state index is 5.87. The molecule has 0 fully saturated rings. The van der Waals surface area contributed by atoms with E-state index in [2.05, 4.69) is 9.67 Å². The second-order valence-electron chi connectivity index (χ2n) is 3.83. The maximum absolute atomic E-state index is 5.87. The molecule has 0 saturated carbocycles. The van der Waals surface area contributed by atoms with Gasteiger partial charge in [0, 0.05) is 31.2 Å². The summed E-state index contributed by atoms with van der Waals surface area (Å²) in [7, 11) is 1.92. The highest BCUT2D eigenvalue weighted by Gasteiger charge is 2.06. The van der Waals surface area contributed by atoms with Gasteiger partial charge in [0.2, 0.25) is 0 Å². The van der Waals surface area contributed by atoms with Gasteiger partial charge < -0.3 is 10.3 Å². The van der Waals surface area contributed by atoms with E-state index in [-0.39, 0.29) is 6.04 Å². The Labute approximate surface area is 89.3 Å². The Morgan fingerprint density at radius 2 is 2.20 bits per heavy atom. The number of nitrogens with zero attached hydrogens (tertiary/aromatic N) is 3. The summed E-state index contributed by atoms with van der Waals surface area (Å²) in [5.74, 6) is 0. The van der Waals surface area contributed by atoms with E-state index in [0.717, 1.165) is 17.9 Å². The molecule has 0 aliphatic rings. The van der Waals surface area contributed by atoms with Crippen molar-refractivity contribution in [3.05, 3.63) is 42.0 Å². The summed E-state index contributed by atoms with van der Waals surface area (Å²) in [6, 6.07) is 6.14. The van der Waals surface area contributed by atoms with Gasteiger partial charge in [0.05, 0.1) is 12.2 Å². The SMILES string of the molecule is CC(N)c1cccn1Cc1ccn(C)n1. The summed E-state index contributed by atoms with van der Waals surface area (Å²) in [6.07, 6.45) is 3.98. The van der Waals surface area contributed by atoms with E-state index in [1.807, 2.05) is 49.2 Å². The van der Waals surface area contributed by atoms with Crippen LogP contribution in [0.5, 0.6) is 0 Å². The first kappa shape index (κ1) is 9.98. The zero-order chi connectivity index (χ0) is 10.8. The molecule has 0 radical (unpaired) electrons. The zero-order valence-corrected chi connectivity index (χ0v) is 9.09. The summed E-state index contributed by atoms with van der Waals surface area (Å²) in [5.41, 5.74) is 8.06. The van der Waals surface area contributed by atoms with Crippen molar-refractivity contribution in [1.29, 1.82) is 0 Å². The van der Waals surface area contributed by atoms with Crippen LogP contribution in [0.15, 0.2) is 30.6 Å². The molecule has 80 valence electrons. The Balaban J connectivity index is 2.20. The number of rotatable bonds is 3. The Morgan fingerprint density at radius 1 is 1.40 bits per heavy atom. The highest BCUT2D eigenvalue weighted by Crippen LogP contribution is 2.12. The largest absolute Gasteiger partial charge is 0.344 e. The third-order valence-corrected chi connectivity index (χ3v) is 2.43. The molecule has 15 heavy (non-hydrogen) atoms. The first-order valence-electron chi connectivity index (χ1n) is 5.06. The van der Waals surface area contributed by atoms with Gasteiger partial charge in [0.1, 0.15) is 0 Å². The molecule has 0 saturated heterocycles. The smallest absolute Gasteiger partial charge is 0.0821 e. The third-order valence-electron chi connectivity index (χ3n) is 2.43. The van der Waals surface area contributed by atoms with Gasteiger partial charge in [-0.25, -0.2) is 0 Å². The van der Waals surface area contributed by atoms with Crippen molar-refractivity contribution >= 4 is 0 Å². The number of hydrogen-bond acceptors (Lipinski definition) is 2. The first-order valence-corrected chi connectivity index (χ1v) is 5.06. The molecule has 2 N–H and O–H groups in total. The van der Waals surface area contributed by atoms with E-state index in [9.17, 15) is 0 Å². The topological polar surface area (TPSA) is 48.8 Å². The molecule has 2 heterocycles. The van der Waals surface area contributed by atoms with Gasteiger partial charge in [-0.15, -0.1) is 0 Å². The first-order chi connectivity index (χ1) is 7.16. The van der Waals surface area contributed by atoms with Crippen molar-refractivity contribution < 1.29 is 0 Å². The average Bonchev–Trinajstić information content (AvgIpc) is 2.75. The minimum Gasteiger partial charge on any atom is -0.344 e. The van der Waals surface area contributed by atoms with Crippen LogP contribution in [0.3, 0.4) is 0 Å². The highest BCUT2D eigenvalue weighted by molar-refractivity contribution is 5.13. The fourth-order valence-electron chi connectivity index (χ4n) is 1.71. The standard InChI is InChI=1S/C11H16N4/c1-9(12)11-4-3-6-15(11)8-10-5-7-14(2)13-10/h3-7,9H,8,12H2,1-2H3. The minimum absolute atomic E-state index is 0.0590. The minimum atomic E-state index is 0.0590. The zero-order valence-electron chi connectivity index (χ0n) is 9.09.